The van der Waals surface area contributed by atoms with Gasteiger partial charge in [-0.2, -0.15) is 0 Å². The summed E-state index contributed by atoms with van der Waals surface area (Å²) in [6.07, 6.45) is 5.09. The fraction of sp³-hybridized carbons (Fsp3) is 0.923. The molecule has 0 aromatic carbocycles. The summed E-state index contributed by atoms with van der Waals surface area (Å²) in [5.74, 6) is 0.732. The Kier molecular flexibility index (Phi) is 8.45. The molecule has 11 unspecified atom stereocenters. The largest absolute Gasteiger partial charge is 0.380 e. The summed E-state index contributed by atoms with van der Waals surface area (Å²) < 4.78 is 5.82. The van der Waals surface area contributed by atoms with Gasteiger partial charge in [-0.05, 0) is 50.9 Å². The Morgan fingerprint density at radius 1 is 1.08 bits per heavy atom. The van der Waals surface area contributed by atoms with Crippen molar-refractivity contribution in [1.82, 2.24) is 36.4 Å². The number of carbonyl (C=O) groups excluding carboxylic acids is 2. The Morgan fingerprint density at radius 2 is 1.95 bits per heavy atom. The number of hydrogen-bond donors (Lipinski definition) is 5. The first-order valence-corrected chi connectivity index (χ1v) is 15.9. The van der Waals surface area contributed by atoms with E-state index in [0.717, 1.165) is 58.5 Å². The van der Waals surface area contributed by atoms with Gasteiger partial charge in [0.15, 0.2) is 0 Å². The molecule has 6 fully saturated rings. The number of alkyl halides is 1. The molecule has 6 saturated heterocycles. The normalized spacial score (nSPS) is 45.6. The average Bonchev–Trinajstić information content (AvgIpc) is 3.63. The highest BCUT2D eigenvalue weighted by molar-refractivity contribution is 8.00. The molecular formula is C26H44ClN7O3S. The van der Waals surface area contributed by atoms with Crippen LogP contribution in [0.1, 0.15) is 39.0 Å². The standard InChI is InChI=1S/C26H44ClN7O3S/c1-14-6-16(17-7-23(27)30-10-21(17)37-2)18(9-29-14)24(35)32-26-31-19-11-33(12-22(19)38-26)25(36)20-5-3-4-15-8-28-13-34(15)20/h14-23,26,28-31H,3-13H2,1-2H3,(H,32,35). The minimum Gasteiger partial charge on any atom is -0.380 e. The van der Waals surface area contributed by atoms with Crippen LogP contribution in [0.15, 0.2) is 0 Å². The molecule has 0 radical (unpaired) electrons. The SMILES string of the molecule is COC1CNC(Cl)CC1C1CC(C)NCC1C(=O)NC1NC2CN(C(=O)C3CCCC4CNCN43)CC2S1. The maximum Gasteiger partial charge on any atom is 0.240 e. The number of amides is 2. The summed E-state index contributed by atoms with van der Waals surface area (Å²) in [6.45, 7) is 6.88. The zero-order chi connectivity index (χ0) is 26.4. The van der Waals surface area contributed by atoms with E-state index in [1.807, 2.05) is 0 Å². The van der Waals surface area contributed by atoms with Gasteiger partial charge in [-0.3, -0.25) is 25.1 Å². The highest BCUT2D eigenvalue weighted by atomic mass is 35.5. The second-order valence-electron chi connectivity index (χ2n) is 12.2. The first-order valence-electron chi connectivity index (χ1n) is 14.5. The van der Waals surface area contributed by atoms with E-state index in [2.05, 4.69) is 43.3 Å². The van der Waals surface area contributed by atoms with Crippen molar-refractivity contribution in [2.75, 3.05) is 46.5 Å². The highest BCUT2D eigenvalue weighted by Crippen LogP contribution is 2.39. The Hall–Kier alpha value is -0.660. The molecule has 0 spiro atoms. The molecule has 5 N–H and O–H groups in total. The fourth-order valence-electron chi connectivity index (χ4n) is 7.87. The monoisotopic (exact) mass is 569 g/mol. The van der Waals surface area contributed by atoms with E-state index in [0.29, 0.717) is 23.9 Å². The van der Waals surface area contributed by atoms with Crippen LogP contribution in [-0.4, -0.2) is 115 Å². The van der Waals surface area contributed by atoms with Gasteiger partial charge in [0.2, 0.25) is 11.8 Å². The van der Waals surface area contributed by atoms with Crippen LogP contribution in [0.3, 0.4) is 0 Å². The third-order valence-corrected chi connectivity index (χ3v) is 11.6. The van der Waals surface area contributed by atoms with E-state index in [1.165, 1.54) is 6.42 Å². The maximum atomic E-state index is 13.6. The van der Waals surface area contributed by atoms with E-state index >= 15 is 0 Å². The number of nitrogens with one attached hydrogen (secondary N) is 5. The van der Waals surface area contributed by atoms with E-state index in [9.17, 15) is 9.59 Å². The van der Waals surface area contributed by atoms with Gasteiger partial charge in [0.25, 0.3) is 0 Å². The van der Waals surface area contributed by atoms with E-state index < -0.39 is 0 Å². The Labute approximate surface area is 235 Å². The predicted octanol–water partition coefficient (Wildman–Crippen LogP) is -0.111. The summed E-state index contributed by atoms with van der Waals surface area (Å²) in [5, 5.41) is 17.5. The van der Waals surface area contributed by atoms with Crippen LogP contribution in [0, 0.1) is 17.8 Å². The minimum atomic E-state index is -0.122. The molecule has 6 aliphatic rings. The van der Waals surface area contributed by atoms with Crippen molar-refractivity contribution in [1.29, 1.82) is 0 Å². The number of carbonyl (C=O) groups is 2. The number of methoxy groups -OCH3 is 1. The van der Waals surface area contributed by atoms with Crippen LogP contribution in [0.4, 0.5) is 0 Å². The molecule has 6 rings (SSSR count). The van der Waals surface area contributed by atoms with Crippen molar-refractivity contribution in [3.05, 3.63) is 0 Å². The number of nitrogens with zero attached hydrogens (tertiary/aromatic N) is 2. The number of piperidine rings is 3. The second kappa shape index (κ2) is 11.7. The fourth-order valence-corrected chi connectivity index (χ4v) is 9.58. The Bertz CT molecular complexity index is 874. The average molecular weight is 570 g/mol. The lowest BCUT2D eigenvalue weighted by Crippen LogP contribution is -2.57. The molecule has 0 saturated carbocycles. The van der Waals surface area contributed by atoms with E-state index in [1.54, 1.807) is 18.9 Å². The number of ether oxygens (including phenoxy) is 1. The minimum absolute atomic E-state index is 0.0136. The molecule has 11 atom stereocenters. The van der Waals surface area contributed by atoms with Crippen molar-refractivity contribution in [2.45, 2.75) is 85.5 Å². The van der Waals surface area contributed by atoms with Gasteiger partial charge >= 0.3 is 0 Å². The van der Waals surface area contributed by atoms with Gasteiger partial charge in [0, 0.05) is 69.9 Å². The maximum absolute atomic E-state index is 13.6. The number of rotatable bonds is 5. The third-order valence-electron chi connectivity index (χ3n) is 9.89. The van der Waals surface area contributed by atoms with Crippen molar-refractivity contribution < 1.29 is 14.3 Å². The van der Waals surface area contributed by atoms with Crippen LogP contribution >= 0.6 is 23.4 Å². The summed E-state index contributed by atoms with van der Waals surface area (Å²) in [5.41, 5.74) is -0.206. The summed E-state index contributed by atoms with van der Waals surface area (Å²) >= 11 is 8.25. The van der Waals surface area contributed by atoms with Gasteiger partial charge in [-0.1, -0.05) is 0 Å². The van der Waals surface area contributed by atoms with Crippen molar-refractivity contribution >= 4 is 35.2 Å². The number of thioether (sulfide) groups is 1. The van der Waals surface area contributed by atoms with Crippen LogP contribution in [-0.2, 0) is 14.3 Å². The molecule has 10 nitrogen and oxygen atoms in total. The molecule has 6 heterocycles. The van der Waals surface area contributed by atoms with E-state index in [-0.39, 0.29) is 58.8 Å². The Morgan fingerprint density at radius 3 is 2.76 bits per heavy atom. The first-order chi connectivity index (χ1) is 18.4. The molecule has 6 aliphatic heterocycles. The first kappa shape index (κ1) is 27.5. The molecule has 0 aliphatic carbocycles. The van der Waals surface area contributed by atoms with Gasteiger partial charge in [0.1, 0.15) is 5.50 Å². The molecular weight excluding hydrogens is 526 g/mol. The van der Waals surface area contributed by atoms with Crippen LogP contribution in [0.25, 0.3) is 0 Å². The molecule has 38 heavy (non-hydrogen) atoms. The van der Waals surface area contributed by atoms with Crippen LogP contribution in [0.2, 0.25) is 0 Å². The number of fused-ring (bicyclic) bond motifs is 2. The zero-order valence-electron chi connectivity index (χ0n) is 22.5. The predicted molar refractivity (Wildman–Crippen MR) is 149 cm³/mol. The van der Waals surface area contributed by atoms with Crippen LogP contribution in [0.5, 0.6) is 0 Å². The molecule has 0 bridgehead atoms. The van der Waals surface area contributed by atoms with Gasteiger partial charge in [-0.25, -0.2) is 0 Å². The summed E-state index contributed by atoms with van der Waals surface area (Å²) in [7, 11) is 1.76. The van der Waals surface area contributed by atoms with Crippen molar-refractivity contribution in [3.63, 3.8) is 0 Å². The van der Waals surface area contributed by atoms with Gasteiger partial charge in [0.05, 0.1) is 23.6 Å². The lowest BCUT2D eigenvalue weighted by atomic mass is 9.70. The Balaban J connectivity index is 1.04. The highest BCUT2D eigenvalue weighted by Gasteiger charge is 2.48. The smallest absolute Gasteiger partial charge is 0.240 e. The second-order valence-corrected chi connectivity index (χ2v) is 14.0. The van der Waals surface area contributed by atoms with Gasteiger partial charge in [-0.15, -0.1) is 23.4 Å². The molecule has 0 aromatic heterocycles. The lowest BCUT2D eigenvalue weighted by Gasteiger charge is -2.45. The number of hydrogen-bond acceptors (Lipinski definition) is 9. The molecule has 12 heteroatoms. The summed E-state index contributed by atoms with van der Waals surface area (Å²) in [6, 6.07) is 1.10. The van der Waals surface area contributed by atoms with Gasteiger partial charge < -0.3 is 25.6 Å². The molecule has 0 aromatic rings. The zero-order valence-corrected chi connectivity index (χ0v) is 24.1. The topological polar surface area (TPSA) is 110 Å². The van der Waals surface area contributed by atoms with Crippen molar-refractivity contribution in [2.24, 2.45) is 17.8 Å². The van der Waals surface area contributed by atoms with E-state index in [4.69, 9.17) is 16.3 Å². The number of halogens is 1. The number of likely N-dealkylation sites (tertiary alicyclic amines) is 1. The summed E-state index contributed by atoms with van der Waals surface area (Å²) in [4.78, 5) is 31.5. The quantitative estimate of drug-likeness (QED) is 0.229. The van der Waals surface area contributed by atoms with Crippen molar-refractivity contribution in [3.8, 4) is 0 Å². The molecule has 2 amide bonds. The lowest BCUT2D eigenvalue weighted by molar-refractivity contribution is -0.138. The molecule has 214 valence electrons. The third kappa shape index (κ3) is 5.46. The van der Waals surface area contributed by atoms with Crippen LogP contribution < -0.4 is 26.6 Å².